The van der Waals surface area contributed by atoms with Gasteiger partial charge in [-0.05, 0) is 32.0 Å². The number of primary amides is 1. The highest BCUT2D eigenvalue weighted by molar-refractivity contribution is 7.71. The third-order valence-electron chi connectivity index (χ3n) is 4.34. The Morgan fingerprint density at radius 1 is 1.50 bits per heavy atom. The maximum absolute atomic E-state index is 11.9. The molecule has 1 unspecified atom stereocenters. The lowest BCUT2D eigenvalue weighted by atomic mass is 9.99. The first-order valence-electron chi connectivity index (χ1n) is 8.33. The number of piperidine rings is 1. The molecule has 1 aliphatic rings. The molecular formula is C15H26N5O3S+. The molecule has 2 heterocycles. The van der Waals surface area contributed by atoms with Crippen LogP contribution < -0.4 is 10.6 Å². The van der Waals surface area contributed by atoms with Crippen LogP contribution >= 0.6 is 12.2 Å². The minimum absolute atomic E-state index is 0.0547. The first kappa shape index (κ1) is 18.6. The van der Waals surface area contributed by atoms with Gasteiger partial charge in [-0.3, -0.25) is 9.59 Å². The van der Waals surface area contributed by atoms with Gasteiger partial charge in [0.2, 0.25) is 10.7 Å². The number of amides is 1. The van der Waals surface area contributed by atoms with Crippen molar-refractivity contribution < 1.29 is 19.2 Å². The van der Waals surface area contributed by atoms with Crippen LogP contribution in [0.1, 0.15) is 32.0 Å². The molecule has 134 valence electrons. The third kappa shape index (κ3) is 4.64. The summed E-state index contributed by atoms with van der Waals surface area (Å²) in [6.45, 7) is 4.56. The molecule has 9 heteroatoms. The Kier molecular flexibility index (Phi) is 6.50. The molecule has 0 aromatic carbocycles. The first-order chi connectivity index (χ1) is 11.4. The number of ether oxygens (including phenoxy) is 1. The molecule has 2 atom stereocenters. The highest BCUT2D eigenvalue weighted by atomic mass is 32.1. The first-order valence-corrected chi connectivity index (χ1v) is 8.74. The average Bonchev–Trinajstić information content (AvgIpc) is 2.81. The number of rotatable bonds is 7. The Labute approximate surface area is 146 Å². The van der Waals surface area contributed by atoms with Crippen molar-refractivity contribution in [1.82, 2.24) is 14.3 Å². The van der Waals surface area contributed by atoms with Crippen LogP contribution in [0.4, 0.5) is 0 Å². The minimum Gasteiger partial charge on any atom is -0.466 e. The van der Waals surface area contributed by atoms with Crippen molar-refractivity contribution in [3.63, 3.8) is 0 Å². The Morgan fingerprint density at radius 3 is 2.92 bits per heavy atom. The zero-order valence-corrected chi connectivity index (χ0v) is 15.1. The van der Waals surface area contributed by atoms with E-state index in [1.165, 1.54) is 4.90 Å². The molecule has 1 aromatic rings. The van der Waals surface area contributed by atoms with Crippen LogP contribution in [-0.4, -0.2) is 45.9 Å². The van der Waals surface area contributed by atoms with E-state index in [2.05, 4.69) is 5.10 Å². The van der Waals surface area contributed by atoms with Gasteiger partial charge in [-0.1, -0.05) is 0 Å². The molecule has 0 bridgehead atoms. The number of aromatic nitrogens is 3. The van der Waals surface area contributed by atoms with E-state index < -0.39 is 0 Å². The van der Waals surface area contributed by atoms with Crippen molar-refractivity contribution in [2.24, 2.45) is 18.7 Å². The molecular weight excluding hydrogens is 330 g/mol. The number of nitrogens with two attached hydrogens (primary N) is 1. The summed E-state index contributed by atoms with van der Waals surface area (Å²) in [4.78, 5) is 24.2. The predicted octanol–water partition coefficient (Wildman–Crippen LogP) is -0.816. The van der Waals surface area contributed by atoms with E-state index >= 15 is 0 Å². The molecule has 2 rings (SSSR count). The van der Waals surface area contributed by atoms with Gasteiger partial charge in [0.05, 0.1) is 19.7 Å². The Bertz CT molecular complexity index is 654. The smallest absolute Gasteiger partial charge is 0.314 e. The van der Waals surface area contributed by atoms with Crippen LogP contribution in [0.3, 0.4) is 0 Å². The molecule has 0 radical (unpaired) electrons. The fourth-order valence-electron chi connectivity index (χ4n) is 3.06. The number of quaternary nitrogens is 1. The zero-order chi connectivity index (χ0) is 17.7. The van der Waals surface area contributed by atoms with Gasteiger partial charge in [0.15, 0.2) is 6.67 Å². The van der Waals surface area contributed by atoms with E-state index in [4.69, 9.17) is 22.7 Å². The maximum Gasteiger partial charge on any atom is 0.314 e. The van der Waals surface area contributed by atoms with Crippen molar-refractivity contribution in [3.05, 3.63) is 10.6 Å². The van der Waals surface area contributed by atoms with Gasteiger partial charge in [-0.25, -0.2) is 0 Å². The molecule has 1 amide bonds. The Morgan fingerprint density at radius 2 is 2.25 bits per heavy atom. The van der Waals surface area contributed by atoms with E-state index in [-0.39, 0.29) is 24.2 Å². The lowest BCUT2D eigenvalue weighted by molar-refractivity contribution is -0.930. The molecule has 0 spiro atoms. The number of aryl methyl sites for hydroxylation is 1. The summed E-state index contributed by atoms with van der Waals surface area (Å²) in [5.74, 6) is 0.230. The topological polar surface area (TPSA) is 96.6 Å². The molecule has 3 N–H and O–H groups in total. The summed E-state index contributed by atoms with van der Waals surface area (Å²) in [7, 11) is 1.84. The van der Waals surface area contributed by atoms with Crippen molar-refractivity contribution >= 4 is 24.1 Å². The number of likely N-dealkylation sites (tertiary alicyclic amines) is 1. The van der Waals surface area contributed by atoms with Crippen LogP contribution in [-0.2, 0) is 34.5 Å². The Hall–Kier alpha value is -1.74. The number of carbonyl (C=O) groups is 2. The Balaban J connectivity index is 2.02. The van der Waals surface area contributed by atoms with E-state index in [1.54, 1.807) is 4.68 Å². The molecule has 1 fully saturated rings. The van der Waals surface area contributed by atoms with Crippen molar-refractivity contribution in [2.45, 2.75) is 39.3 Å². The van der Waals surface area contributed by atoms with Crippen LogP contribution in [0.15, 0.2) is 0 Å². The second kappa shape index (κ2) is 8.39. The zero-order valence-electron chi connectivity index (χ0n) is 14.3. The van der Waals surface area contributed by atoms with Crippen molar-refractivity contribution in [1.29, 1.82) is 0 Å². The predicted molar refractivity (Wildman–Crippen MR) is 89.6 cm³/mol. The molecule has 0 saturated carbocycles. The number of esters is 1. The molecule has 1 saturated heterocycles. The number of carbonyl (C=O) groups excluding carboxylic acids is 2. The van der Waals surface area contributed by atoms with Crippen LogP contribution in [0, 0.1) is 10.7 Å². The highest BCUT2D eigenvalue weighted by Gasteiger charge is 2.30. The summed E-state index contributed by atoms with van der Waals surface area (Å²) in [5, 5.41) is 4.51. The van der Waals surface area contributed by atoms with Gasteiger partial charge >= 0.3 is 5.97 Å². The third-order valence-corrected chi connectivity index (χ3v) is 4.82. The molecule has 8 nitrogen and oxygen atoms in total. The summed E-state index contributed by atoms with van der Waals surface area (Å²) < 4.78 is 9.33. The summed E-state index contributed by atoms with van der Waals surface area (Å²) in [6.07, 6.45) is 2.58. The minimum atomic E-state index is -0.352. The summed E-state index contributed by atoms with van der Waals surface area (Å²) >= 11 is 5.43. The van der Waals surface area contributed by atoms with Crippen molar-refractivity contribution in [2.75, 3.05) is 19.7 Å². The standard InChI is InChI=1S/C15H25N5O3S/c1-3-23-14(22)11-5-4-8-19(9-11)10-20-15(24)18(2)13(17-20)7-6-12(16)21/h11H,3-10H2,1-2H3,(H2,16,21)/p+1/t11-/m1/s1. The van der Waals surface area contributed by atoms with Gasteiger partial charge < -0.3 is 19.9 Å². The van der Waals surface area contributed by atoms with Gasteiger partial charge in [0, 0.05) is 19.9 Å². The fourth-order valence-corrected chi connectivity index (χ4v) is 3.27. The van der Waals surface area contributed by atoms with Gasteiger partial charge in [0.1, 0.15) is 11.7 Å². The summed E-state index contributed by atoms with van der Waals surface area (Å²) in [6, 6.07) is 0. The van der Waals surface area contributed by atoms with Gasteiger partial charge in [0.25, 0.3) is 0 Å². The second-order valence-corrected chi connectivity index (χ2v) is 6.54. The van der Waals surface area contributed by atoms with Crippen LogP contribution in [0.25, 0.3) is 0 Å². The molecule has 1 aliphatic heterocycles. The molecule has 0 aliphatic carbocycles. The number of hydrogen-bond acceptors (Lipinski definition) is 5. The lowest BCUT2D eigenvalue weighted by Crippen LogP contribution is -3.13. The SMILES string of the molecule is CCOC(=O)[C@@H]1CCC[NH+](Cn2nc(CCC(N)=O)n(C)c2=S)C1. The second-order valence-electron chi connectivity index (χ2n) is 6.18. The number of nitrogens with one attached hydrogen (secondary N) is 1. The van der Waals surface area contributed by atoms with Crippen LogP contribution in [0.5, 0.6) is 0 Å². The quantitative estimate of drug-likeness (QED) is 0.492. The van der Waals surface area contributed by atoms with E-state index in [9.17, 15) is 9.59 Å². The maximum atomic E-state index is 11.9. The molecule has 24 heavy (non-hydrogen) atoms. The van der Waals surface area contributed by atoms with E-state index in [0.717, 1.165) is 31.8 Å². The summed E-state index contributed by atoms with van der Waals surface area (Å²) in [5.41, 5.74) is 5.20. The lowest BCUT2D eigenvalue weighted by Gasteiger charge is -2.28. The normalized spacial score (nSPS) is 20.8. The average molecular weight is 356 g/mol. The monoisotopic (exact) mass is 356 g/mol. The van der Waals surface area contributed by atoms with Crippen LogP contribution in [0.2, 0.25) is 0 Å². The molecule has 1 aromatic heterocycles. The number of hydrogen-bond donors (Lipinski definition) is 2. The van der Waals surface area contributed by atoms with E-state index in [0.29, 0.717) is 24.5 Å². The fraction of sp³-hybridized carbons (Fsp3) is 0.733. The largest absolute Gasteiger partial charge is 0.466 e. The van der Waals surface area contributed by atoms with Gasteiger partial charge in [-0.15, -0.1) is 0 Å². The van der Waals surface area contributed by atoms with E-state index in [1.807, 2.05) is 18.5 Å². The highest BCUT2D eigenvalue weighted by Crippen LogP contribution is 2.10. The van der Waals surface area contributed by atoms with Crippen molar-refractivity contribution in [3.8, 4) is 0 Å². The number of nitrogens with zero attached hydrogens (tertiary/aromatic N) is 3. The van der Waals surface area contributed by atoms with Gasteiger partial charge in [-0.2, -0.15) is 9.78 Å².